The van der Waals surface area contributed by atoms with Crippen LogP contribution in [-0.2, 0) is 19.7 Å². The third-order valence-corrected chi connectivity index (χ3v) is 4.67. The Morgan fingerprint density at radius 2 is 1.90 bits per heavy atom. The minimum Gasteiger partial charge on any atom is -0.467 e. The topological polar surface area (TPSA) is 55.4 Å². The van der Waals surface area contributed by atoms with Crippen LogP contribution < -0.4 is 5.32 Å². The van der Waals surface area contributed by atoms with E-state index in [1.54, 1.807) is 0 Å². The Morgan fingerprint density at radius 1 is 1.25 bits per heavy atom. The van der Waals surface area contributed by atoms with Crippen molar-refractivity contribution in [3.63, 3.8) is 0 Å². The Kier molecular flexibility index (Phi) is 2.85. The number of esters is 1. The first-order valence-corrected chi connectivity index (χ1v) is 6.99. The molecule has 0 spiro atoms. The van der Waals surface area contributed by atoms with Crippen LogP contribution in [0, 0.1) is 5.92 Å². The molecule has 2 aliphatic carbocycles. The van der Waals surface area contributed by atoms with E-state index in [9.17, 15) is 9.59 Å². The molecule has 20 heavy (non-hydrogen) atoms. The van der Waals surface area contributed by atoms with E-state index in [1.165, 1.54) is 14.0 Å². The summed E-state index contributed by atoms with van der Waals surface area (Å²) < 4.78 is 4.98. The summed E-state index contributed by atoms with van der Waals surface area (Å²) in [6.07, 6.45) is 2.85. The van der Waals surface area contributed by atoms with Crippen LogP contribution in [-0.4, -0.2) is 24.5 Å². The van der Waals surface area contributed by atoms with Gasteiger partial charge in [0.2, 0.25) is 5.91 Å². The van der Waals surface area contributed by atoms with Gasteiger partial charge in [0, 0.05) is 12.3 Å². The van der Waals surface area contributed by atoms with E-state index >= 15 is 0 Å². The summed E-state index contributed by atoms with van der Waals surface area (Å²) in [5, 5.41) is 2.88. The standard InChI is InChI=1S/C16H19NO3/c1-11(18)17-16(14(19)20-2)10-15(16,13-8-9-13)12-6-4-3-5-7-12/h3-7,13H,8-10H2,1-2H3,(H,17,18)/t15-,16-/m1/s1. The molecule has 3 rings (SSSR count). The molecule has 0 saturated heterocycles. The van der Waals surface area contributed by atoms with E-state index in [-0.39, 0.29) is 17.3 Å². The molecule has 0 radical (unpaired) electrons. The smallest absolute Gasteiger partial charge is 0.332 e. The van der Waals surface area contributed by atoms with Crippen molar-refractivity contribution in [1.82, 2.24) is 5.32 Å². The molecule has 0 aliphatic heterocycles. The Morgan fingerprint density at radius 3 is 2.40 bits per heavy atom. The van der Waals surface area contributed by atoms with E-state index in [2.05, 4.69) is 5.32 Å². The van der Waals surface area contributed by atoms with E-state index in [0.29, 0.717) is 12.3 Å². The maximum Gasteiger partial charge on any atom is 0.332 e. The number of nitrogens with one attached hydrogen (secondary N) is 1. The molecule has 4 nitrogen and oxygen atoms in total. The average molecular weight is 273 g/mol. The first-order chi connectivity index (χ1) is 9.57. The number of ether oxygens (including phenoxy) is 1. The fourth-order valence-electron chi connectivity index (χ4n) is 3.70. The molecule has 106 valence electrons. The zero-order valence-electron chi connectivity index (χ0n) is 11.8. The van der Waals surface area contributed by atoms with Crippen molar-refractivity contribution in [2.45, 2.75) is 37.1 Å². The highest BCUT2D eigenvalue weighted by molar-refractivity contribution is 5.94. The van der Waals surface area contributed by atoms with Crippen LogP contribution in [0.1, 0.15) is 31.7 Å². The van der Waals surface area contributed by atoms with Gasteiger partial charge in [-0.3, -0.25) is 4.79 Å². The third kappa shape index (κ3) is 1.67. The predicted molar refractivity (Wildman–Crippen MR) is 74.0 cm³/mol. The van der Waals surface area contributed by atoms with Gasteiger partial charge in [-0.1, -0.05) is 30.3 Å². The van der Waals surface area contributed by atoms with E-state index in [1.807, 2.05) is 30.3 Å². The molecule has 2 atom stereocenters. The minimum absolute atomic E-state index is 0.186. The zero-order chi connectivity index (χ0) is 14.4. The molecular weight excluding hydrogens is 254 g/mol. The molecule has 2 fully saturated rings. The summed E-state index contributed by atoms with van der Waals surface area (Å²) in [4.78, 5) is 23.9. The number of benzene rings is 1. The van der Waals surface area contributed by atoms with Gasteiger partial charge in [-0.15, -0.1) is 0 Å². The molecule has 4 heteroatoms. The Balaban J connectivity index is 2.05. The van der Waals surface area contributed by atoms with Gasteiger partial charge < -0.3 is 10.1 Å². The lowest BCUT2D eigenvalue weighted by molar-refractivity contribution is -0.147. The van der Waals surface area contributed by atoms with Gasteiger partial charge in [0.15, 0.2) is 0 Å². The Bertz CT molecular complexity index is 552. The van der Waals surface area contributed by atoms with Gasteiger partial charge in [-0.2, -0.15) is 0 Å². The van der Waals surface area contributed by atoms with Crippen molar-refractivity contribution in [2.75, 3.05) is 7.11 Å². The number of carbonyl (C=O) groups is 2. The largest absolute Gasteiger partial charge is 0.467 e. The monoisotopic (exact) mass is 273 g/mol. The summed E-state index contributed by atoms with van der Waals surface area (Å²) >= 11 is 0. The van der Waals surface area contributed by atoms with Crippen molar-refractivity contribution >= 4 is 11.9 Å². The van der Waals surface area contributed by atoms with Gasteiger partial charge >= 0.3 is 5.97 Å². The number of amides is 1. The van der Waals surface area contributed by atoms with Crippen molar-refractivity contribution in [3.05, 3.63) is 35.9 Å². The lowest BCUT2D eigenvalue weighted by atomic mass is 9.85. The van der Waals surface area contributed by atoms with E-state index in [4.69, 9.17) is 4.74 Å². The van der Waals surface area contributed by atoms with Crippen LogP contribution in [0.2, 0.25) is 0 Å². The maximum atomic E-state index is 12.3. The van der Waals surface area contributed by atoms with Gasteiger partial charge in [0.25, 0.3) is 0 Å². The maximum absolute atomic E-state index is 12.3. The summed E-state index contributed by atoms with van der Waals surface area (Å²) in [5.41, 5.74) is -0.0370. The number of hydrogen-bond donors (Lipinski definition) is 1. The second-order valence-electron chi connectivity index (χ2n) is 5.87. The summed E-state index contributed by atoms with van der Waals surface area (Å²) in [6, 6.07) is 10.0. The van der Waals surface area contributed by atoms with E-state index < -0.39 is 5.54 Å². The van der Waals surface area contributed by atoms with Crippen molar-refractivity contribution in [2.24, 2.45) is 5.92 Å². The van der Waals surface area contributed by atoms with Crippen molar-refractivity contribution in [3.8, 4) is 0 Å². The fraction of sp³-hybridized carbons (Fsp3) is 0.500. The van der Waals surface area contributed by atoms with Crippen LogP contribution in [0.25, 0.3) is 0 Å². The third-order valence-electron chi connectivity index (χ3n) is 4.67. The SMILES string of the molecule is COC(=O)[C@]1(NC(C)=O)C[C@@]1(c1ccccc1)C1CC1. The molecule has 2 aliphatic rings. The quantitative estimate of drug-likeness (QED) is 0.851. The molecule has 1 amide bonds. The van der Waals surface area contributed by atoms with Gasteiger partial charge in [-0.25, -0.2) is 4.79 Å². The molecule has 0 bridgehead atoms. The highest BCUT2D eigenvalue weighted by Crippen LogP contribution is 2.68. The van der Waals surface area contributed by atoms with Crippen molar-refractivity contribution < 1.29 is 14.3 Å². The predicted octanol–water partition coefficient (Wildman–Crippen LogP) is 1.79. The van der Waals surface area contributed by atoms with Gasteiger partial charge in [-0.05, 0) is 30.7 Å². The number of rotatable bonds is 4. The Labute approximate surface area is 118 Å². The van der Waals surface area contributed by atoms with Crippen molar-refractivity contribution in [1.29, 1.82) is 0 Å². The number of methoxy groups -OCH3 is 1. The summed E-state index contributed by atoms with van der Waals surface area (Å²) in [5.74, 6) is -0.0619. The molecule has 1 aromatic rings. The lowest BCUT2D eigenvalue weighted by Crippen LogP contribution is -2.49. The second kappa shape index (κ2) is 4.33. The second-order valence-corrected chi connectivity index (χ2v) is 5.87. The zero-order valence-corrected chi connectivity index (χ0v) is 11.8. The normalized spacial score (nSPS) is 31.5. The van der Waals surface area contributed by atoms with Crippen LogP contribution >= 0.6 is 0 Å². The molecule has 0 heterocycles. The highest BCUT2D eigenvalue weighted by Gasteiger charge is 2.78. The summed E-state index contributed by atoms with van der Waals surface area (Å²) in [7, 11) is 1.38. The van der Waals surface area contributed by atoms with Crippen LogP contribution in [0.5, 0.6) is 0 Å². The first-order valence-electron chi connectivity index (χ1n) is 6.99. The lowest BCUT2D eigenvalue weighted by Gasteiger charge is -2.25. The molecule has 2 saturated carbocycles. The Hall–Kier alpha value is -1.84. The number of carbonyl (C=O) groups excluding carboxylic acids is 2. The van der Waals surface area contributed by atoms with Gasteiger partial charge in [0.1, 0.15) is 5.54 Å². The molecule has 1 N–H and O–H groups in total. The number of hydrogen-bond acceptors (Lipinski definition) is 3. The van der Waals surface area contributed by atoms with Gasteiger partial charge in [0.05, 0.1) is 7.11 Å². The molecule has 0 aromatic heterocycles. The average Bonchev–Trinajstić information content (AvgIpc) is 3.32. The van der Waals surface area contributed by atoms with Crippen LogP contribution in [0.3, 0.4) is 0 Å². The van der Waals surface area contributed by atoms with Crippen LogP contribution in [0.15, 0.2) is 30.3 Å². The summed E-state index contributed by atoms with van der Waals surface area (Å²) in [6.45, 7) is 1.45. The van der Waals surface area contributed by atoms with E-state index in [0.717, 1.165) is 18.4 Å². The van der Waals surface area contributed by atoms with Crippen LogP contribution in [0.4, 0.5) is 0 Å². The molecule has 1 aromatic carbocycles. The first kappa shape index (κ1) is 13.2. The highest BCUT2D eigenvalue weighted by atomic mass is 16.5. The molecular formula is C16H19NO3. The minimum atomic E-state index is -0.879. The fourth-order valence-corrected chi connectivity index (χ4v) is 3.70. The molecule has 0 unspecified atom stereocenters.